The molecule has 0 saturated heterocycles. The van der Waals surface area contributed by atoms with E-state index < -0.39 is 0 Å². The molecule has 1 heterocycles. The van der Waals surface area contributed by atoms with Crippen molar-refractivity contribution in [1.82, 2.24) is 15.0 Å². The van der Waals surface area contributed by atoms with Crippen LogP contribution >= 0.6 is 24.4 Å². The fourth-order valence-electron chi connectivity index (χ4n) is 3.06. The van der Waals surface area contributed by atoms with Gasteiger partial charge in [-0.1, -0.05) is 76.9 Å². The molecule has 0 fully saturated rings. The summed E-state index contributed by atoms with van der Waals surface area (Å²) in [6, 6.07) is 0. The highest BCUT2D eigenvalue weighted by Gasteiger charge is 1.95. The second-order valence-corrected chi connectivity index (χ2v) is 8.00. The van der Waals surface area contributed by atoms with E-state index in [1.54, 1.807) is 0 Å². The molecule has 0 saturated carbocycles. The van der Waals surface area contributed by atoms with Crippen molar-refractivity contribution < 1.29 is 0 Å². The predicted octanol–water partition coefficient (Wildman–Crippen LogP) is 7.65. The summed E-state index contributed by atoms with van der Waals surface area (Å²) < 4.78 is 0.931. The van der Waals surface area contributed by atoms with E-state index >= 15 is 0 Å². The van der Waals surface area contributed by atoms with E-state index in [-0.39, 0.29) is 0 Å². The van der Waals surface area contributed by atoms with Gasteiger partial charge in [-0.05, 0) is 56.5 Å². The van der Waals surface area contributed by atoms with Gasteiger partial charge in [0, 0.05) is 6.54 Å². The van der Waals surface area contributed by atoms with Gasteiger partial charge in [0.1, 0.15) is 0 Å². The fourth-order valence-corrected chi connectivity index (χ4v) is 3.51. The first-order chi connectivity index (χ1) is 13.2. The summed E-state index contributed by atoms with van der Waals surface area (Å²) in [5.41, 5.74) is 0. The van der Waals surface area contributed by atoms with Crippen molar-refractivity contribution in [2.45, 2.75) is 96.8 Å². The van der Waals surface area contributed by atoms with Gasteiger partial charge in [-0.3, -0.25) is 0 Å². The Morgan fingerprint density at radius 3 is 1.93 bits per heavy atom. The van der Waals surface area contributed by atoms with Crippen LogP contribution in [-0.4, -0.2) is 21.5 Å². The molecule has 1 aromatic heterocycles. The normalized spacial score (nSPS) is 11.3. The lowest BCUT2D eigenvalue weighted by Crippen LogP contribution is -2.06. The van der Waals surface area contributed by atoms with Gasteiger partial charge in [0.2, 0.25) is 10.7 Å². The molecule has 0 radical (unpaired) electrons. The van der Waals surface area contributed by atoms with E-state index in [2.05, 4.69) is 39.3 Å². The molecule has 0 spiro atoms. The van der Waals surface area contributed by atoms with Crippen LogP contribution in [0.5, 0.6) is 0 Å². The van der Waals surface area contributed by atoms with Crippen molar-refractivity contribution in [3.63, 3.8) is 0 Å². The van der Waals surface area contributed by atoms with Crippen LogP contribution in [0, 0.1) is 9.54 Å². The number of aromatic nitrogens is 3. The topological polar surface area (TPSA) is 56.5 Å². The van der Waals surface area contributed by atoms with Crippen LogP contribution in [0.15, 0.2) is 12.2 Å². The van der Waals surface area contributed by atoms with Gasteiger partial charge in [0.25, 0.3) is 0 Å². The van der Waals surface area contributed by atoms with E-state index in [4.69, 9.17) is 24.4 Å². The quantitative estimate of drug-likeness (QED) is 0.140. The minimum atomic E-state index is 0.419. The fraction of sp³-hybridized carbons (Fsp3) is 0.762. The molecule has 0 aromatic carbocycles. The first-order valence-corrected chi connectivity index (χ1v) is 11.6. The van der Waals surface area contributed by atoms with E-state index in [1.165, 1.54) is 83.5 Å². The Labute approximate surface area is 175 Å². The lowest BCUT2D eigenvalue weighted by atomic mass is 10.1. The zero-order chi connectivity index (χ0) is 19.6. The van der Waals surface area contributed by atoms with Crippen LogP contribution < -0.4 is 5.32 Å². The number of hydrogen-bond acceptors (Lipinski definition) is 4. The van der Waals surface area contributed by atoms with Crippen LogP contribution in [0.2, 0.25) is 0 Å². The molecule has 1 aromatic rings. The number of allylic oxidation sites excluding steroid dienone is 2. The number of rotatable bonds is 17. The molecule has 0 atom stereocenters. The molecule has 0 bridgehead atoms. The Bertz CT molecular complexity index is 578. The van der Waals surface area contributed by atoms with E-state index in [0.29, 0.717) is 15.5 Å². The Morgan fingerprint density at radius 2 is 1.33 bits per heavy atom. The summed E-state index contributed by atoms with van der Waals surface area (Å²) in [6.07, 6.45) is 23.3. The van der Waals surface area contributed by atoms with Gasteiger partial charge in [-0.2, -0.15) is 4.98 Å². The average molecular weight is 411 g/mol. The van der Waals surface area contributed by atoms with Gasteiger partial charge in [0.15, 0.2) is 4.77 Å². The van der Waals surface area contributed by atoms with Crippen molar-refractivity contribution >= 4 is 30.4 Å². The minimum absolute atomic E-state index is 0.419. The summed E-state index contributed by atoms with van der Waals surface area (Å²) >= 11 is 10.1. The van der Waals surface area contributed by atoms with Gasteiger partial charge < -0.3 is 15.3 Å². The Kier molecular flexibility index (Phi) is 15.2. The van der Waals surface area contributed by atoms with Crippen molar-refractivity contribution in [2.24, 2.45) is 0 Å². The summed E-state index contributed by atoms with van der Waals surface area (Å²) in [5.74, 6) is 0.663. The largest absolute Gasteiger partial charge is 0.356 e. The van der Waals surface area contributed by atoms with Crippen molar-refractivity contribution in [2.75, 3.05) is 11.9 Å². The molecule has 1 rings (SSSR count). The highest BCUT2D eigenvalue weighted by atomic mass is 32.1. The number of nitrogens with one attached hydrogen (secondary N) is 3. The molecular weight excluding hydrogens is 372 g/mol. The maximum atomic E-state index is 5.04. The van der Waals surface area contributed by atoms with Crippen LogP contribution in [0.25, 0.3) is 0 Å². The van der Waals surface area contributed by atoms with Crippen molar-refractivity contribution in [1.29, 1.82) is 0 Å². The molecule has 0 amide bonds. The Morgan fingerprint density at radius 1 is 0.778 bits per heavy atom. The second-order valence-electron chi connectivity index (χ2n) is 7.21. The zero-order valence-electron chi connectivity index (χ0n) is 17.0. The van der Waals surface area contributed by atoms with Gasteiger partial charge in [0.05, 0.1) is 0 Å². The second kappa shape index (κ2) is 17.1. The predicted molar refractivity (Wildman–Crippen MR) is 123 cm³/mol. The third-order valence-corrected chi connectivity index (χ3v) is 5.04. The summed E-state index contributed by atoms with van der Waals surface area (Å²) in [4.78, 5) is 9.92. The monoisotopic (exact) mass is 410 g/mol. The van der Waals surface area contributed by atoms with E-state index in [1.807, 2.05) is 0 Å². The number of unbranched alkanes of at least 4 members (excludes halogenated alkanes) is 12. The average Bonchev–Trinajstić information content (AvgIpc) is 2.63. The molecule has 3 N–H and O–H groups in total. The van der Waals surface area contributed by atoms with Crippen LogP contribution in [0.4, 0.5) is 5.95 Å². The first-order valence-electron chi connectivity index (χ1n) is 10.8. The Hall–Kier alpha value is -1.01. The molecule has 0 aliphatic heterocycles. The van der Waals surface area contributed by atoms with Crippen molar-refractivity contribution in [3.05, 3.63) is 21.7 Å². The highest BCUT2D eigenvalue weighted by Crippen LogP contribution is 2.10. The number of H-pyrrole nitrogens is 2. The van der Waals surface area contributed by atoms with Gasteiger partial charge >= 0.3 is 0 Å². The zero-order valence-corrected chi connectivity index (χ0v) is 18.7. The van der Waals surface area contributed by atoms with E-state index in [0.717, 1.165) is 13.0 Å². The number of anilines is 1. The number of hydrogen-bond donors (Lipinski definition) is 3. The number of nitrogens with zero attached hydrogens (tertiary/aromatic N) is 1. The SMILES string of the molecule is CCCCCCCCC=CCCCCCCCCNc1nc(=S)[nH]c(=S)[nH]1. The number of aromatic amines is 2. The summed E-state index contributed by atoms with van der Waals surface area (Å²) in [6.45, 7) is 3.18. The van der Waals surface area contributed by atoms with Crippen LogP contribution in [-0.2, 0) is 0 Å². The molecule has 0 unspecified atom stereocenters. The maximum Gasteiger partial charge on any atom is 0.205 e. The van der Waals surface area contributed by atoms with Gasteiger partial charge in [-0.15, -0.1) is 0 Å². The molecule has 154 valence electrons. The van der Waals surface area contributed by atoms with Crippen molar-refractivity contribution in [3.8, 4) is 0 Å². The smallest absolute Gasteiger partial charge is 0.205 e. The lowest BCUT2D eigenvalue weighted by molar-refractivity contribution is 0.602. The summed E-state index contributed by atoms with van der Waals surface area (Å²) in [5, 5.41) is 3.25. The van der Waals surface area contributed by atoms with Crippen LogP contribution in [0.1, 0.15) is 96.8 Å². The third kappa shape index (κ3) is 14.7. The molecule has 4 nitrogen and oxygen atoms in total. The summed E-state index contributed by atoms with van der Waals surface area (Å²) in [7, 11) is 0. The molecule has 0 aliphatic carbocycles. The standard InChI is InChI=1S/C21H38N4S2/c1-2-3-4-5-6-7-8-9-10-11-12-13-14-15-16-17-18-22-19-23-20(26)25-21(27)24-19/h9-10H,2-8,11-18H2,1H3,(H3,22,23,24,25,26,27). The van der Waals surface area contributed by atoms with Gasteiger partial charge in [-0.25, -0.2) is 0 Å². The lowest BCUT2D eigenvalue weighted by Gasteiger charge is -2.05. The molecule has 6 heteroatoms. The third-order valence-electron chi connectivity index (χ3n) is 4.65. The molecular formula is C21H38N4S2. The van der Waals surface area contributed by atoms with E-state index in [9.17, 15) is 0 Å². The minimum Gasteiger partial charge on any atom is -0.356 e. The molecule has 27 heavy (non-hydrogen) atoms. The Balaban J connectivity index is 1.84. The van der Waals surface area contributed by atoms with Crippen LogP contribution in [0.3, 0.4) is 0 Å². The molecule has 0 aliphatic rings. The highest BCUT2D eigenvalue weighted by molar-refractivity contribution is 7.71. The first kappa shape index (κ1) is 24.0. The maximum absolute atomic E-state index is 5.04.